The van der Waals surface area contributed by atoms with Gasteiger partial charge in [-0.1, -0.05) is 11.8 Å². The van der Waals surface area contributed by atoms with E-state index in [4.69, 9.17) is 28.5 Å². The summed E-state index contributed by atoms with van der Waals surface area (Å²) >= 11 is -4.14. The van der Waals surface area contributed by atoms with Crippen LogP contribution in [0.3, 0.4) is 0 Å². The summed E-state index contributed by atoms with van der Waals surface area (Å²) in [5, 5.41) is 0. The van der Waals surface area contributed by atoms with Crippen molar-refractivity contribution in [1.82, 2.24) is 0 Å². The first-order valence-electron chi connectivity index (χ1n) is 15.6. The fourth-order valence-corrected chi connectivity index (χ4v) is 14.4. The number of terminal acetylenes is 2. The molecule has 0 bridgehead atoms. The minimum absolute atomic E-state index is 0.0255. The van der Waals surface area contributed by atoms with Crippen molar-refractivity contribution in [3.05, 3.63) is 70.8 Å². The zero-order chi connectivity index (χ0) is 32.9. The van der Waals surface area contributed by atoms with Crippen molar-refractivity contribution >= 4 is 43.1 Å². The molecule has 8 nitrogen and oxygen atoms in total. The van der Waals surface area contributed by atoms with Crippen molar-refractivity contribution < 1.29 is 34.8 Å². The summed E-state index contributed by atoms with van der Waals surface area (Å²) in [7, 11) is 0. The van der Waals surface area contributed by atoms with E-state index in [0.717, 1.165) is 47.9 Å². The average Bonchev–Trinajstić information content (AvgIpc) is 3.05. The maximum atomic E-state index is 12.9. The Bertz CT molecular complexity index is 1220. The van der Waals surface area contributed by atoms with Crippen LogP contribution in [0.15, 0.2) is 48.5 Å². The second-order valence-corrected chi connectivity index (χ2v) is 20.0. The van der Waals surface area contributed by atoms with Crippen LogP contribution in [-0.2, 0) is 48.0 Å². The standard InChI is InChI=1S/2C14H14O4.2C4H9.Sn/c2*1-2-11-6-8-12(9-7-11)10-18-14(17)5-3-4-13(15)16;2*1-3-4-2;/h2*1,6-9H,3-5,10H2,(H,15,16);2*1,3-4H2,2H3;/q;;;;+2/p-2. The number of esters is 2. The molecule has 0 spiro atoms. The molecule has 0 aliphatic rings. The number of unbranched alkanes of at least 4 members (excludes halogenated alkanes) is 2. The van der Waals surface area contributed by atoms with E-state index in [0.29, 0.717) is 8.87 Å². The molecule has 0 unspecified atom stereocenters. The van der Waals surface area contributed by atoms with Crippen LogP contribution in [0, 0.1) is 24.7 Å². The molecule has 0 fully saturated rings. The zero-order valence-corrected chi connectivity index (χ0v) is 29.3. The van der Waals surface area contributed by atoms with Crippen LogP contribution < -0.4 is 0 Å². The van der Waals surface area contributed by atoms with E-state index < -0.39 is 43.1 Å². The molecule has 45 heavy (non-hydrogen) atoms. The molecule has 2 aromatic carbocycles. The third-order valence-electron chi connectivity index (χ3n) is 6.99. The molecule has 240 valence electrons. The van der Waals surface area contributed by atoms with Gasteiger partial charge in [-0.2, -0.15) is 0 Å². The second kappa shape index (κ2) is 21.1. The fourth-order valence-electron chi connectivity index (χ4n) is 4.38. The molecule has 0 aliphatic heterocycles. The number of rotatable bonds is 20. The molecule has 0 saturated carbocycles. The van der Waals surface area contributed by atoms with Gasteiger partial charge in [-0.3, -0.25) is 0 Å². The van der Waals surface area contributed by atoms with Gasteiger partial charge in [0.05, 0.1) is 0 Å². The number of benzene rings is 2. The van der Waals surface area contributed by atoms with Crippen molar-refractivity contribution in [2.45, 2.75) is 100 Å². The monoisotopic (exact) mass is 724 g/mol. The van der Waals surface area contributed by atoms with Gasteiger partial charge in [-0.15, -0.1) is 12.8 Å². The summed E-state index contributed by atoms with van der Waals surface area (Å²) in [6.45, 7) is 4.31. The van der Waals surface area contributed by atoms with Crippen molar-refractivity contribution in [1.29, 1.82) is 0 Å². The normalized spacial score (nSPS) is 10.7. The Morgan fingerprint density at radius 2 is 0.933 bits per heavy atom. The summed E-state index contributed by atoms with van der Waals surface area (Å²) in [6.07, 6.45) is 14.7. The molecule has 2 aromatic rings. The first-order valence-corrected chi connectivity index (χ1v) is 21.9. The SMILES string of the molecule is C#Cc1ccc(COC(=O)CCCC(=O)[O][Sn]([CH2]CCC)([CH2]CCC)[O]C(=O)CCCC(=O)OCc2ccc(C#C)cc2)cc1. The summed E-state index contributed by atoms with van der Waals surface area (Å²) in [6, 6.07) is 14.3. The zero-order valence-electron chi connectivity index (χ0n) is 26.4. The van der Waals surface area contributed by atoms with Gasteiger partial charge in [0.25, 0.3) is 0 Å². The summed E-state index contributed by atoms with van der Waals surface area (Å²) < 4.78 is 23.8. The summed E-state index contributed by atoms with van der Waals surface area (Å²) in [5.41, 5.74) is 3.12. The maximum absolute atomic E-state index is 12.9. The van der Waals surface area contributed by atoms with Crippen LogP contribution in [0.5, 0.6) is 0 Å². The van der Waals surface area contributed by atoms with Crippen LogP contribution in [0.2, 0.25) is 8.87 Å². The molecule has 0 aliphatic carbocycles. The van der Waals surface area contributed by atoms with Gasteiger partial charge in [0.2, 0.25) is 0 Å². The topological polar surface area (TPSA) is 105 Å². The van der Waals surface area contributed by atoms with E-state index in [9.17, 15) is 19.2 Å². The first-order chi connectivity index (χ1) is 21.7. The van der Waals surface area contributed by atoms with Gasteiger partial charge in [0.15, 0.2) is 0 Å². The Labute approximate surface area is 272 Å². The van der Waals surface area contributed by atoms with Gasteiger partial charge < -0.3 is 0 Å². The molecular formula is C36H44O8Sn. The van der Waals surface area contributed by atoms with E-state index in [1.165, 1.54) is 0 Å². The van der Waals surface area contributed by atoms with Gasteiger partial charge in [-0.25, -0.2) is 0 Å². The Kier molecular flexibility index (Phi) is 17.5. The third-order valence-corrected chi connectivity index (χ3v) is 16.8. The quantitative estimate of drug-likeness (QED) is 0.0826. The molecule has 0 heterocycles. The minimum atomic E-state index is -4.14. The summed E-state index contributed by atoms with van der Waals surface area (Å²) in [4.78, 5) is 50.3. The van der Waals surface area contributed by atoms with Gasteiger partial charge in [0, 0.05) is 0 Å². The number of hydrogen-bond acceptors (Lipinski definition) is 8. The van der Waals surface area contributed by atoms with Crippen LogP contribution in [0.25, 0.3) is 0 Å². The molecule has 0 N–H and O–H groups in total. The molecular weight excluding hydrogens is 679 g/mol. The third kappa shape index (κ3) is 15.2. The predicted molar refractivity (Wildman–Crippen MR) is 173 cm³/mol. The Balaban J connectivity index is 1.83. The van der Waals surface area contributed by atoms with Crippen LogP contribution in [0.4, 0.5) is 0 Å². The number of carbonyl (C=O) groups excluding carboxylic acids is 4. The fraction of sp³-hybridized carbons (Fsp3) is 0.444. The van der Waals surface area contributed by atoms with Crippen molar-refractivity contribution in [3.63, 3.8) is 0 Å². The number of carbonyl (C=O) groups is 4. The second-order valence-electron chi connectivity index (χ2n) is 10.8. The molecule has 9 heteroatoms. The average molecular weight is 723 g/mol. The van der Waals surface area contributed by atoms with Crippen molar-refractivity contribution in [2.24, 2.45) is 0 Å². The van der Waals surface area contributed by atoms with E-state index in [-0.39, 0.29) is 51.7 Å². The van der Waals surface area contributed by atoms with E-state index in [2.05, 4.69) is 11.8 Å². The Morgan fingerprint density at radius 1 is 0.578 bits per heavy atom. The molecule has 0 radical (unpaired) electrons. The van der Waals surface area contributed by atoms with Gasteiger partial charge in [-0.05, 0) is 0 Å². The van der Waals surface area contributed by atoms with E-state index >= 15 is 0 Å². The predicted octanol–water partition coefficient (Wildman–Crippen LogP) is 6.91. The van der Waals surface area contributed by atoms with Crippen LogP contribution >= 0.6 is 0 Å². The molecule has 0 amide bonds. The van der Waals surface area contributed by atoms with Crippen LogP contribution in [-0.4, -0.2) is 43.1 Å². The summed E-state index contributed by atoms with van der Waals surface area (Å²) in [5.74, 6) is 3.33. The Morgan fingerprint density at radius 3 is 1.27 bits per heavy atom. The van der Waals surface area contributed by atoms with E-state index in [1.54, 1.807) is 48.5 Å². The van der Waals surface area contributed by atoms with E-state index in [1.807, 2.05) is 13.8 Å². The Hall–Kier alpha value is -3.76. The molecule has 0 saturated heterocycles. The van der Waals surface area contributed by atoms with Crippen LogP contribution in [0.1, 0.15) is 100 Å². The number of hydrogen-bond donors (Lipinski definition) is 0. The molecule has 0 aromatic heterocycles. The molecule has 0 atom stereocenters. The van der Waals surface area contributed by atoms with Gasteiger partial charge >= 0.3 is 249 Å². The first kappa shape index (κ1) is 37.4. The molecule has 2 rings (SSSR count). The van der Waals surface area contributed by atoms with Crippen molar-refractivity contribution in [2.75, 3.05) is 0 Å². The van der Waals surface area contributed by atoms with Crippen molar-refractivity contribution in [3.8, 4) is 24.7 Å². The van der Waals surface area contributed by atoms with Gasteiger partial charge in [0.1, 0.15) is 0 Å². The number of ether oxygens (including phenoxy) is 2.